The highest BCUT2D eigenvalue weighted by molar-refractivity contribution is 5.97. The maximum absolute atomic E-state index is 12.2. The highest BCUT2D eigenvalue weighted by Gasteiger charge is 2.26. The van der Waals surface area contributed by atoms with E-state index in [1.165, 1.54) is 0 Å². The molecule has 0 spiro atoms. The number of amides is 1. The maximum Gasteiger partial charge on any atom is 0.244 e. The van der Waals surface area contributed by atoms with E-state index in [2.05, 4.69) is 10.3 Å². The Balaban J connectivity index is 2.22. The Hall–Kier alpha value is -1.42. The molecule has 2 heterocycles. The van der Waals surface area contributed by atoms with Crippen molar-refractivity contribution in [2.75, 3.05) is 18.5 Å². The van der Waals surface area contributed by atoms with Crippen LogP contribution in [0.15, 0.2) is 24.5 Å². The second kappa shape index (κ2) is 5.07. The minimum Gasteiger partial charge on any atom is -0.311 e. The first-order chi connectivity index (χ1) is 7.83. The molecular formula is C12H17N3O. The third kappa shape index (κ3) is 2.22. The highest BCUT2D eigenvalue weighted by Crippen LogP contribution is 2.19. The summed E-state index contributed by atoms with van der Waals surface area (Å²) in [5.41, 5.74) is 0.946. The molecule has 0 radical (unpaired) electrons. The Morgan fingerprint density at radius 1 is 1.38 bits per heavy atom. The van der Waals surface area contributed by atoms with Crippen molar-refractivity contribution in [3.05, 3.63) is 24.5 Å². The molecular weight excluding hydrogens is 202 g/mol. The summed E-state index contributed by atoms with van der Waals surface area (Å²) in [4.78, 5) is 18.1. The number of carbonyl (C=O) groups is 1. The zero-order valence-electron chi connectivity index (χ0n) is 9.52. The van der Waals surface area contributed by atoms with Crippen LogP contribution >= 0.6 is 0 Å². The van der Waals surface area contributed by atoms with Gasteiger partial charge in [0.05, 0.1) is 6.04 Å². The highest BCUT2D eigenvalue weighted by atomic mass is 16.2. The number of likely N-dealkylation sites (N-methyl/N-ethyl adjacent to an activating group) is 1. The molecule has 1 atom stereocenters. The number of hydrogen-bond acceptors (Lipinski definition) is 3. The monoisotopic (exact) mass is 219 g/mol. The molecule has 0 bridgehead atoms. The Kier molecular flexibility index (Phi) is 3.51. The molecule has 0 aliphatic carbocycles. The number of carbonyl (C=O) groups excluding carboxylic acids is 1. The van der Waals surface area contributed by atoms with Gasteiger partial charge in [0.2, 0.25) is 5.91 Å². The largest absolute Gasteiger partial charge is 0.311 e. The minimum atomic E-state index is -0.0457. The van der Waals surface area contributed by atoms with Crippen LogP contribution in [-0.4, -0.2) is 30.5 Å². The van der Waals surface area contributed by atoms with Crippen molar-refractivity contribution in [1.29, 1.82) is 0 Å². The molecule has 1 fully saturated rings. The number of nitrogens with one attached hydrogen (secondary N) is 1. The van der Waals surface area contributed by atoms with Gasteiger partial charge in [0, 0.05) is 24.6 Å². The van der Waals surface area contributed by atoms with Crippen molar-refractivity contribution in [3.8, 4) is 0 Å². The first kappa shape index (κ1) is 11.1. The van der Waals surface area contributed by atoms with Crippen LogP contribution in [0.25, 0.3) is 0 Å². The van der Waals surface area contributed by atoms with E-state index in [9.17, 15) is 4.79 Å². The van der Waals surface area contributed by atoms with Crippen LogP contribution in [0.1, 0.15) is 19.3 Å². The third-order valence-corrected chi connectivity index (χ3v) is 3.01. The minimum absolute atomic E-state index is 0.0457. The van der Waals surface area contributed by atoms with Crippen LogP contribution < -0.4 is 10.2 Å². The van der Waals surface area contributed by atoms with Gasteiger partial charge in [0.15, 0.2) is 0 Å². The molecule has 4 heteroatoms. The maximum atomic E-state index is 12.2. The lowest BCUT2D eigenvalue weighted by Crippen LogP contribution is -2.44. The van der Waals surface area contributed by atoms with E-state index in [1.54, 1.807) is 12.4 Å². The SMILES string of the molecule is CNC1CCCCN(c2ccncc2)C1=O. The van der Waals surface area contributed by atoms with Gasteiger partial charge in [-0.05, 0) is 38.4 Å². The number of aromatic nitrogens is 1. The molecule has 1 amide bonds. The van der Waals surface area contributed by atoms with Crippen molar-refractivity contribution >= 4 is 11.6 Å². The summed E-state index contributed by atoms with van der Waals surface area (Å²) >= 11 is 0. The molecule has 1 unspecified atom stereocenters. The second-order valence-corrected chi connectivity index (χ2v) is 4.03. The number of pyridine rings is 1. The fourth-order valence-corrected chi connectivity index (χ4v) is 2.09. The van der Waals surface area contributed by atoms with Crippen molar-refractivity contribution < 1.29 is 4.79 Å². The van der Waals surface area contributed by atoms with Crippen LogP contribution in [0.3, 0.4) is 0 Å². The van der Waals surface area contributed by atoms with Crippen molar-refractivity contribution in [2.24, 2.45) is 0 Å². The zero-order chi connectivity index (χ0) is 11.4. The van der Waals surface area contributed by atoms with Gasteiger partial charge in [-0.1, -0.05) is 0 Å². The van der Waals surface area contributed by atoms with E-state index in [4.69, 9.17) is 0 Å². The Labute approximate surface area is 95.7 Å². The van der Waals surface area contributed by atoms with Gasteiger partial charge in [-0.25, -0.2) is 0 Å². The van der Waals surface area contributed by atoms with E-state index in [0.717, 1.165) is 31.5 Å². The summed E-state index contributed by atoms with van der Waals surface area (Å²) < 4.78 is 0. The quantitative estimate of drug-likeness (QED) is 0.812. The molecule has 4 nitrogen and oxygen atoms in total. The van der Waals surface area contributed by atoms with Gasteiger partial charge in [-0.15, -0.1) is 0 Å². The van der Waals surface area contributed by atoms with Gasteiger partial charge >= 0.3 is 0 Å². The molecule has 1 saturated heterocycles. The van der Waals surface area contributed by atoms with Crippen molar-refractivity contribution in [2.45, 2.75) is 25.3 Å². The Bertz CT molecular complexity index is 353. The van der Waals surface area contributed by atoms with Gasteiger partial charge in [-0.3, -0.25) is 9.78 Å². The smallest absolute Gasteiger partial charge is 0.244 e. The lowest BCUT2D eigenvalue weighted by atomic mass is 10.1. The average molecular weight is 219 g/mol. The van der Waals surface area contributed by atoms with E-state index in [1.807, 2.05) is 24.1 Å². The third-order valence-electron chi connectivity index (χ3n) is 3.01. The van der Waals surface area contributed by atoms with Crippen LogP contribution in [0.4, 0.5) is 5.69 Å². The lowest BCUT2D eigenvalue weighted by molar-refractivity contribution is -0.120. The summed E-state index contributed by atoms with van der Waals surface area (Å²) in [6.45, 7) is 0.807. The zero-order valence-corrected chi connectivity index (χ0v) is 9.52. The lowest BCUT2D eigenvalue weighted by Gasteiger charge is -2.23. The summed E-state index contributed by atoms with van der Waals surface area (Å²) in [5.74, 6) is 0.172. The van der Waals surface area contributed by atoms with Gasteiger partial charge < -0.3 is 10.2 Å². The van der Waals surface area contributed by atoms with Gasteiger partial charge in [-0.2, -0.15) is 0 Å². The van der Waals surface area contributed by atoms with Crippen LogP contribution in [0.2, 0.25) is 0 Å². The standard InChI is InChI=1S/C12H17N3O/c1-13-11-4-2-3-9-15(12(11)16)10-5-7-14-8-6-10/h5-8,11,13H,2-4,9H2,1H3. The Morgan fingerprint density at radius 2 is 2.12 bits per heavy atom. The molecule has 86 valence electrons. The number of nitrogens with zero attached hydrogens (tertiary/aromatic N) is 2. The van der Waals surface area contributed by atoms with Crippen molar-refractivity contribution in [1.82, 2.24) is 10.3 Å². The van der Waals surface area contributed by atoms with Crippen molar-refractivity contribution in [3.63, 3.8) is 0 Å². The number of rotatable bonds is 2. The van der Waals surface area contributed by atoms with E-state index in [0.29, 0.717) is 0 Å². The molecule has 1 aliphatic heterocycles. The molecule has 1 aromatic heterocycles. The molecule has 1 N–H and O–H groups in total. The molecule has 0 aromatic carbocycles. The fraction of sp³-hybridized carbons (Fsp3) is 0.500. The molecule has 2 rings (SSSR count). The number of hydrogen-bond donors (Lipinski definition) is 1. The second-order valence-electron chi connectivity index (χ2n) is 4.03. The first-order valence-corrected chi connectivity index (χ1v) is 5.71. The van der Waals surface area contributed by atoms with Gasteiger partial charge in [0.25, 0.3) is 0 Å². The molecule has 1 aromatic rings. The first-order valence-electron chi connectivity index (χ1n) is 5.71. The van der Waals surface area contributed by atoms with E-state index >= 15 is 0 Å². The van der Waals surface area contributed by atoms with Crippen LogP contribution in [0, 0.1) is 0 Å². The topological polar surface area (TPSA) is 45.2 Å². The predicted molar refractivity (Wildman–Crippen MR) is 63.3 cm³/mol. The van der Waals surface area contributed by atoms with Crippen LogP contribution in [-0.2, 0) is 4.79 Å². The molecule has 0 saturated carbocycles. The van der Waals surface area contributed by atoms with Crippen LogP contribution in [0.5, 0.6) is 0 Å². The summed E-state index contributed by atoms with van der Waals surface area (Å²) in [6.07, 6.45) is 6.53. The summed E-state index contributed by atoms with van der Waals surface area (Å²) in [7, 11) is 1.85. The summed E-state index contributed by atoms with van der Waals surface area (Å²) in [5, 5.41) is 3.09. The average Bonchev–Trinajstić information content (AvgIpc) is 2.52. The number of anilines is 1. The van der Waals surface area contributed by atoms with Gasteiger partial charge in [0.1, 0.15) is 0 Å². The van der Waals surface area contributed by atoms with E-state index < -0.39 is 0 Å². The fourth-order valence-electron chi connectivity index (χ4n) is 2.09. The summed E-state index contributed by atoms with van der Waals surface area (Å²) in [6, 6.07) is 3.72. The Morgan fingerprint density at radius 3 is 2.81 bits per heavy atom. The van der Waals surface area contributed by atoms with E-state index in [-0.39, 0.29) is 11.9 Å². The molecule has 16 heavy (non-hydrogen) atoms. The predicted octanol–water partition coefficient (Wildman–Crippen LogP) is 1.19. The normalized spacial score (nSPS) is 21.9. The molecule has 1 aliphatic rings.